The Bertz CT molecular complexity index is 444. The molecule has 0 aliphatic carbocycles. The van der Waals surface area contributed by atoms with Gasteiger partial charge in [0.25, 0.3) is 0 Å². The van der Waals surface area contributed by atoms with Crippen molar-refractivity contribution in [3.05, 3.63) is 34.6 Å². The van der Waals surface area contributed by atoms with E-state index >= 15 is 0 Å². The number of rotatable bonds is 5. The lowest BCUT2D eigenvalue weighted by Crippen LogP contribution is -2.43. The average molecular weight is 300 g/mol. The molecule has 0 bridgehead atoms. The fourth-order valence-electron chi connectivity index (χ4n) is 2.73. The van der Waals surface area contributed by atoms with Crippen molar-refractivity contribution in [2.24, 2.45) is 5.41 Å². The third-order valence-electron chi connectivity index (χ3n) is 4.04. The van der Waals surface area contributed by atoms with Crippen molar-refractivity contribution in [1.82, 2.24) is 5.32 Å². The Hall–Kier alpha value is -0.640. The predicted octanol–water partition coefficient (Wildman–Crippen LogP) is 3.82. The van der Waals surface area contributed by atoms with Crippen molar-refractivity contribution >= 4 is 11.6 Å². The minimum absolute atomic E-state index is 0.0635. The molecule has 1 N–H and O–H groups in total. The Morgan fingerprint density at radius 3 is 2.70 bits per heavy atom. The van der Waals surface area contributed by atoms with Crippen LogP contribution in [0.25, 0.3) is 0 Å². The molecule has 1 heterocycles. The van der Waals surface area contributed by atoms with Gasteiger partial charge < -0.3 is 10.1 Å². The van der Waals surface area contributed by atoms with Crippen LogP contribution in [0.1, 0.15) is 32.3 Å². The largest absolute Gasteiger partial charge is 0.381 e. The van der Waals surface area contributed by atoms with Gasteiger partial charge in [0.05, 0.1) is 5.02 Å². The van der Waals surface area contributed by atoms with Crippen LogP contribution in [-0.2, 0) is 11.2 Å². The Morgan fingerprint density at radius 2 is 2.05 bits per heavy atom. The van der Waals surface area contributed by atoms with E-state index in [2.05, 4.69) is 19.2 Å². The third kappa shape index (κ3) is 3.94. The van der Waals surface area contributed by atoms with Gasteiger partial charge in [-0.2, -0.15) is 0 Å². The van der Waals surface area contributed by atoms with Crippen molar-refractivity contribution in [2.75, 3.05) is 19.8 Å². The second-order valence-electron chi connectivity index (χ2n) is 6.04. The number of ether oxygens (including phenoxy) is 1. The lowest BCUT2D eigenvalue weighted by Gasteiger charge is -2.38. The summed E-state index contributed by atoms with van der Waals surface area (Å²) < 4.78 is 19.6. The molecule has 2 rings (SSSR count). The van der Waals surface area contributed by atoms with Crippen LogP contribution in [0.5, 0.6) is 0 Å². The lowest BCUT2D eigenvalue weighted by molar-refractivity contribution is 0.0137. The van der Waals surface area contributed by atoms with E-state index in [0.29, 0.717) is 18.0 Å². The molecule has 1 fully saturated rings. The molecule has 0 aromatic heterocycles. The summed E-state index contributed by atoms with van der Waals surface area (Å²) in [7, 11) is 0. The summed E-state index contributed by atoms with van der Waals surface area (Å²) in [4.78, 5) is 0. The molecule has 1 aromatic rings. The van der Waals surface area contributed by atoms with Gasteiger partial charge in [0.2, 0.25) is 0 Å². The van der Waals surface area contributed by atoms with Gasteiger partial charge in [0.15, 0.2) is 0 Å². The Kier molecular flexibility index (Phi) is 5.42. The van der Waals surface area contributed by atoms with E-state index < -0.39 is 0 Å². The molecule has 1 aliphatic rings. The van der Waals surface area contributed by atoms with Gasteiger partial charge in [-0.25, -0.2) is 4.39 Å². The zero-order valence-electron chi connectivity index (χ0n) is 12.2. The standard InChI is InChI=1S/C16H23ClFNO/c1-12(2)19-11-16(6-8-20-9-7-16)10-13-4-3-5-14(17)15(13)18/h3-5,12,19H,6-11H2,1-2H3. The Labute approximate surface area is 125 Å². The molecule has 0 spiro atoms. The number of nitrogens with one attached hydrogen (secondary N) is 1. The molecule has 20 heavy (non-hydrogen) atoms. The van der Waals surface area contributed by atoms with E-state index in [1.54, 1.807) is 6.07 Å². The highest BCUT2D eigenvalue weighted by atomic mass is 35.5. The van der Waals surface area contributed by atoms with Crippen molar-refractivity contribution in [2.45, 2.75) is 39.2 Å². The van der Waals surface area contributed by atoms with Crippen LogP contribution in [-0.4, -0.2) is 25.8 Å². The number of halogens is 2. The first-order valence-electron chi connectivity index (χ1n) is 7.26. The monoisotopic (exact) mass is 299 g/mol. The van der Waals surface area contributed by atoms with Crippen LogP contribution in [0, 0.1) is 11.2 Å². The van der Waals surface area contributed by atoms with Gasteiger partial charge in [0.1, 0.15) is 5.82 Å². The molecule has 1 aromatic carbocycles. The maximum absolute atomic E-state index is 14.1. The number of hydrogen-bond acceptors (Lipinski definition) is 2. The number of hydrogen-bond donors (Lipinski definition) is 1. The van der Waals surface area contributed by atoms with Crippen LogP contribution in [0.2, 0.25) is 5.02 Å². The fourth-order valence-corrected chi connectivity index (χ4v) is 2.92. The van der Waals surface area contributed by atoms with Gasteiger partial charge >= 0.3 is 0 Å². The fraction of sp³-hybridized carbons (Fsp3) is 0.625. The normalized spacial score (nSPS) is 18.4. The highest BCUT2D eigenvalue weighted by Gasteiger charge is 2.33. The molecule has 112 valence electrons. The summed E-state index contributed by atoms with van der Waals surface area (Å²) in [5.41, 5.74) is 0.776. The highest BCUT2D eigenvalue weighted by molar-refractivity contribution is 6.30. The summed E-state index contributed by atoms with van der Waals surface area (Å²) in [6.07, 6.45) is 2.62. The molecule has 2 nitrogen and oxygen atoms in total. The lowest BCUT2D eigenvalue weighted by atomic mass is 9.75. The smallest absolute Gasteiger partial charge is 0.144 e. The van der Waals surface area contributed by atoms with Crippen LogP contribution in [0.4, 0.5) is 4.39 Å². The van der Waals surface area contributed by atoms with Gasteiger partial charge in [-0.3, -0.25) is 0 Å². The van der Waals surface area contributed by atoms with E-state index in [1.807, 2.05) is 12.1 Å². The minimum atomic E-state index is -0.274. The van der Waals surface area contributed by atoms with Crippen molar-refractivity contribution in [3.8, 4) is 0 Å². The van der Waals surface area contributed by atoms with Crippen molar-refractivity contribution in [3.63, 3.8) is 0 Å². The predicted molar refractivity (Wildman–Crippen MR) is 80.7 cm³/mol. The molecule has 0 atom stereocenters. The first-order chi connectivity index (χ1) is 9.52. The van der Waals surface area contributed by atoms with Gasteiger partial charge in [-0.1, -0.05) is 37.6 Å². The summed E-state index contributed by atoms with van der Waals surface area (Å²) in [6, 6.07) is 5.69. The molecule has 4 heteroatoms. The summed E-state index contributed by atoms with van der Waals surface area (Å²) >= 11 is 5.89. The van der Waals surface area contributed by atoms with Crippen LogP contribution >= 0.6 is 11.6 Å². The molecule has 0 saturated carbocycles. The summed E-state index contributed by atoms with van der Waals surface area (Å²) in [5.74, 6) is -0.274. The maximum atomic E-state index is 14.1. The van der Waals surface area contributed by atoms with Gasteiger partial charge in [-0.05, 0) is 36.3 Å². The summed E-state index contributed by atoms with van der Waals surface area (Å²) in [6.45, 7) is 6.66. The quantitative estimate of drug-likeness (QED) is 0.892. The highest BCUT2D eigenvalue weighted by Crippen LogP contribution is 2.35. The second kappa shape index (κ2) is 6.88. The average Bonchev–Trinajstić information content (AvgIpc) is 2.43. The Balaban J connectivity index is 2.16. The van der Waals surface area contributed by atoms with E-state index in [1.165, 1.54) is 0 Å². The zero-order valence-corrected chi connectivity index (χ0v) is 13.0. The van der Waals surface area contributed by atoms with E-state index in [-0.39, 0.29) is 16.3 Å². The third-order valence-corrected chi connectivity index (χ3v) is 4.33. The van der Waals surface area contributed by atoms with Gasteiger partial charge in [-0.15, -0.1) is 0 Å². The number of benzene rings is 1. The second-order valence-corrected chi connectivity index (χ2v) is 6.44. The SMILES string of the molecule is CC(C)NCC1(Cc2cccc(Cl)c2F)CCOCC1. The molecule has 0 radical (unpaired) electrons. The van der Waals surface area contributed by atoms with Crippen LogP contribution in [0.3, 0.4) is 0 Å². The molecule has 1 saturated heterocycles. The van der Waals surface area contributed by atoms with Crippen molar-refractivity contribution < 1.29 is 9.13 Å². The summed E-state index contributed by atoms with van der Waals surface area (Å²) in [5, 5.41) is 3.71. The molecule has 1 aliphatic heterocycles. The molecule has 0 amide bonds. The van der Waals surface area contributed by atoms with Crippen LogP contribution < -0.4 is 5.32 Å². The first kappa shape index (κ1) is 15.7. The van der Waals surface area contributed by atoms with E-state index in [0.717, 1.165) is 32.6 Å². The maximum Gasteiger partial charge on any atom is 0.144 e. The molecular formula is C16H23ClFNO. The minimum Gasteiger partial charge on any atom is -0.381 e. The first-order valence-corrected chi connectivity index (χ1v) is 7.64. The molecular weight excluding hydrogens is 277 g/mol. The van der Waals surface area contributed by atoms with E-state index in [4.69, 9.17) is 16.3 Å². The molecule has 0 unspecified atom stereocenters. The zero-order chi connectivity index (χ0) is 14.6. The topological polar surface area (TPSA) is 21.3 Å². The Morgan fingerprint density at radius 1 is 1.35 bits per heavy atom. The van der Waals surface area contributed by atoms with E-state index in [9.17, 15) is 4.39 Å². The van der Waals surface area contributed by atoms with Crippen molar-refractivity contribution in [1.29, 1.82) is 0 Å². The van der Waals surface area contributed by atoms with Crippen LogP contribution in [0.15, 0.2) is 18.2 Å². The van der Waals surface area contributed by atoms with Gasteiger partial charge in [0, 0.05) is 25.8 Å².